The number of ether oxygens (including phenoxy) is 2. The molecule has 0 spiro atoms. The van der Waals surface area contributed by atoms with Crippen LogP contribution in [0.15, 0.2) is 42.7 Å². The Balaban J connectivity index is 1.41. The molecule has 1 amide bonds. The van der Waals surface area contributed by atoms with Crippen molar-refractivity contribution in [3.63, 3.8) is 0 Å². The number of methoxy groups -OCH3 is 1. The summed E-state index contributed by atoms with van der Waals surface area (Å²) < 4.78 is 11.0. The summed E-state index contributed by atoms with van der Waals surface area (Å²) in [5.41, 5.74) is 1.72. The third-order valence-corrected chi connectivity index (χ3v) is 5.02. The minimum Gasteiger partial charge on any atom is -0.493 e. The second-order valence-corrected chi connectivity index (χ2v) is 6.95. The van der Waals surface area contributed by atoms with Crippen molar-refractivity contribution in [3.8, 4) is 11.5 Å². The summed E-state index contributed by atoms with van der Waals surface area (Å²) in [6.07, 6.45) is 4.65. The molecule has 29 heavy (non-hydrogen) atoms. The number of amides is 1. The number of piperazine rings is 1. The molecule has 1 aliphatic heterocycles. The van der Waals surface area contributed by atoms with Crippen LogP contribution >= 0.6 is 0 Å². The van der Waals surface area contributed by atoms with Crippen molar-refractivity contribution >= 4 is 17.4 Å². The van der Waals surface area contributed by atoms with Gasteiger partial charge in [-0.1, -0.05) is 0 Å². The molecule has 2 heterocycles. The molecule has 7 heteroatoms. The Hall–Kier alpha value is -3.09. The number of anilines is 1. The smallest absolute Gasteiger partial charge is 0.222 e. The molecule has 0 radical (unpaired) electrons. The highest BCUT2D eigenvalue weighted by Crippen LogP contribution is 2.28. The average Bonchev–Trinajstić information content (AvgIpc) is 2.77. The summed E-state index contributed by atoms with van der Waals surface area (Å²) in [6, 6.07) is 9.10. The summed E-state index contributed by atoms with van der Waals surface area (Å²) in [7, 11) is 1.54. The standard InChI is InChI=1S/C22H27N3O4/c1-17(26)18-5-6-20(21(16-18)28-2)29-15-3-4-22(27)25-13-11-24(12-14-25)19-7-9-23-10-8-19/h5-10,16H,3-4,11-15H2,1-2H3. The van der Waals surface area contributed by atoms with E-state index in [2.05, 4.69) is 9.88 Å². The monoisotopic (exact) mass is 397 g/mol. The lowest BCUT2D eigenvalue weighted by Crippen LogP contribution is -2.48. The molecule has 1 aromatic carbocycles. The summed E-state index contributed by atoms with van der Waals surface area (Å²) in [5, 5.41) is 0. The van der Waals surface area contributed by atoms with E-state index in [4.69, 9.17) is 9.47 Å². The quantitative estimate of drug-likeness (QED) is 0.504. The van der Waals surface area contributed by atoms with Gasteiger partial charge in [0.25, 0.3) is 0 Å². The molecule has 2 aromatic rings. The van der Waals surface area contributed by atoms with Gasteiger partial charge in [0.15, 0.2) is 17.3 Å². The molecule has 1 saturated heterocycles. The fourth-order valence-electron chi connectivity index (χ4n) is 3.34. The molecular weight excluding hydrogens is 370 g/mol. The van der Waals surface area contributed by atoms with Gasteiger partial charge in [-0.3, -0.25) is 14.6 Å². The number of Topliss-reactive ketones (excluding diaryl/α,β-unsaturated/α-hetero) is 1. The first kappa shape index (κ1) is 20.6. The first-order valence-corrected chi connectivity index (χ1v) is 9.83. The van der Waals surface area contributed by atoms with Crippen molar-refractivity contribution in [2.45, 2.75) is 19.8 Å². The van der Waals surface area contributed by atoms with E-state index in [0.29, 0.717) is 36.5 Å². The summed E-state index contributed by atoms with van der Waals surface area (Å²) in [4.78, 5) is 32.2. The summed E-state index contributed by atoms with van der Waals surface area (Å²) in [5.74, 6) is 1.23. The van der Waals surface area contributed by atoms with Crippen LogP contribution in [0.25, 0.3) is 0 Å². The molecule has 3 rings (SSSR count). The van der Waals surface area contributed by atoms with Crippen LogP contribution in [0.5, 0.6) is 11.5 Å². The lowest BCUT2D eigenvalue weighted by atomic mass is 10.1. The summed E-state index contributed by atoms with van der Waals surface area (Å²) in [6.45, 7) is 5.03. The second-order valence-electron chi connectivity index (χ2n) is 6.95. The Labute approximate surface area is 171 Å². The fraction of sp³-hybridized carbons (Fsp3) is 0.409. The van der Waals surface area contributed by atoms with Gasteiger partial charge in [0, 0.05) is 56.2 Å². The maximum Gasteiger partial charge on any atom is 0.222 e. The van der Waals surface area contributed by atoms with Crippen LogP contribution in [0.1, 0.15) is 30.1 Å². The Kier molecular flexibility index (Phi) is 7.05. The zero-order chi connectivity index (χ0) is 20.6. The van der Waals surface area contributed by atoms with E-state index in [0.717, 1.165) is 31.9 Å². The van der Waals surface area contributed by atoms with Crippen molar-refractivity contribution < 1.29 is 19.1 Å². The third-order valence-electron chi connectivity index (χ3n) is 5.02. The van der Waals surface area contributed by atoms with Gasteiger partial charge < -0.3 is 19.3 Å². The fourth-order valence-corrected chi connectivity index (χ4v) is 3.34. The van der Waals surface area contributed by atoms with Crippen LogP contribution < -0.4 is 14.4 Å². The first-order chi connectivity index (χ1) is 14.1. The predicted octanol–water partition coefficient (Wildman–Crippen LogP) is 2.80. The van der Waals surface area contributed by atoms with Crippen LogP contribution in [-0.2, 0) is 4.79 Å². The number of benzene rings is 1. The lowest BCUT2D eigenvalue weighted by Gasteiger charge is -2.36. The van der Waals surface area contributed by atoms with Crippen LogP contribution in [0.3, 0.4) is 0 Å². The zero-order valence-corrected chi connectivity index (χ0v) is 17.0. The Morgan fingerprint density at radius 2 is 1.76 bits per heavy atom. The molecule has 154 valence electrons. The van der Waals surface area contributed by atoms with Crippen molar-refractivity contribution in [2.24, 2.45) is 0 Å². The minimum atomic E-state index is -0.0236. The van der Waals surface area contributed by atoms with Gasteiger partial charge in [-0.05, 0) is 43.7 Å². The Bertz CT molecular complexity index is 833. The van der Waals surface area contributed by atoms with Gasteiger partial charge in [0.1, 0.15) is 0 Å². The van der Waals surface area contributed by atoms with Gasteiger partial charge in [0.05, 0.1) is 13.7 Å². The van der Waals surface area contributed by atoms with Crippen LogP contribution in [0, 0.1) is 0 Å². The highest BCUT2D eigenvalue weighted by molar-refractivity contribution is 5.94. The molecule has 0 N–H and O–H groups in total. The number of nitrogens with zero attached hydrogens (tertiary/aromatic N) is 3. The molecular formula is C22H27N3O4. The highest BCUT2D eigenvalue weighted by Gasteiger charge is 2.21. The number of hydrogen-bond donors (Lipinski definition) is 0. The normalized spacial score (nSPS) is 13.9. The summed E-state index contributed by atoms with van der Waals surface area (Å²) >= 11 is 0. The third kappa shape index (κ3) is 5.47. The van der Waals surface area contributed by atoms with Crippen LogP contribution in [0.4, 0.5) is 5.69 Å². The molecule has 1 aliphatic rings. The second kappa shape index (κ2) is 9.91. The van der Waals surface area contributed by atoms with Crippen molar-refractivity contribution in [1.82, 2.24) is 9.88 Å². The van der Waals surface area contributed by atoms with Gasteiger partial charge in [0.2, 0.25) is 5.91 Å². The Morgan fingerprint density at radius 3 is 2.41 bits per heavy atom. The van der Waals surface area contributed by atoms with E-state index in [1.807, 2.05) is 17.0 Å². The number of hydrogen-bond acceptors (Lipinski definition) is 6. The van der Waals surface area contributed by atoms with Gasteiger partial charge >= 0.3 is 0 Å². The topological polar surface area (TPSA) is 72.0 Å². The van der Waals surface area contributed by atoms with E-state index >= 15 is 0 Å². The number of pyridine rings is 1. The largest absolute Gasteiger partial charge is 0.493 e. The van der Waals surface area contributed by atoms with E-state index in [-0.39, 0.29) is 11.7 Å². The number of rotatable bonds is 8. The van der Waals surface area contributed by atoms with E-state index in [1.54, 1.807) is 37.7 Å². The SMILES string of the molecule is COc1cc(C(C)=O)ccc1OCCCC(=O)N1CCN(c2ccncc2)CC1. The minimum absolute atomic E-state index is 0.0236. The average molecular weight is 397 g/mol. The molecule has 0 unspecified atom stereocenters. The maximum absolute atomic E-state index is 12.5. The van der Waals surface area contributed by atoms with Gasteiger partial charge in [-0.25, -0.2) is 0 Å². The van der Waals surface area contributed by atoms with Crippen molar-refractivity contribution in [3.05, 3.63) is 48.3 Å². The van der Waals surface area contributed by atoms with E-state index < -0.39 is 0 Å². The number of aromatic nitrogens is 1. The number of ketones is 1. The molecule has 1 fully saturated rings. The van der Waals surface area contributed by atoms with Crippen LogP contribution in [-0.4, -0.2) is 61.5 Å². The van der Waals surface area contributed by atoms with Crippen molar-refractivity contribution in [1.29, 1.82) is 0 Å². The predicted molar refractivity (Wildman–Crippen MR) is 111 cm³/mol. The molecule has 0 saturated carbocycles. The maximum atomic E-state index is 12.5. The van der Waals surface area contributed by atoms with Gasteiger partial charge in [-0.15, -0.1) is 0 Å². The molecule has 1 aromatic heterocycles. The highest BCUT2D eigenvalue weighted by atomic mass is 16.5. The van der Waals surface area contributed by atoms with Crippen LogP contribution in [0.2, 0.25) is 0 Å². The van der Waals surface area contributed by atoms with Crippen molar-refractivity contribution in [2.75, 3.05) is 44.8 Å². The molecule has 0 bridgehead atoms. The number of carbonyl (C=O) groups is 2. The molecule has 0 atom stereocenters. The Morgan fingerprint density at radius 1 is 1.03 bits per heavy atom. The molecule has 0 aliphatic carbocycles. The zero-order valence-electron chi connectivity index (χ0n) is 17.0. The van der Waals surface area contributed by atoms with E-state index in [9.17, 15) is 9.59 Å². The first-order valence-electron chi connectivity index (χ1n) is 9.83. The van der Waals surface area contributed by atoms with Gasteiger partial charge in [-0.2, -0.15) is 0 Å². The lowest BCUT2D eigenvalue weighted by molar-refractivity contribution is -0.131. The van der Waals surface area contributed by atoms with E-state index in [1.165, 1.54) is 6.92 Å². The molecule has 7 nitrogen and oxygen atoms in total. The number of carbonyl (C=O) groups excluding carboxylic acids is 2.